The molecule has 0 aromatic carbocycles. The molecule has 6 heteroatoms. The van der Waals surface area contributed by atoms with Gasteiger partial charge in [0.25, 0.3) is 0 Å². The molecule has 1 aliphatic rings. The van der Waals surface area contributed by atoms with Crippen molar-refractivity contribution >= 4 is 22.0 Å². The van der Waals surface area contributed by atoms with E-state index in [1.807, 2.05) is 11.3 Å². The zero-order chi connectivity index (χ0) is 20.0. The number of thiophene rings is 1. The molecule has 0 saturated carbocycles. The van der Waals surface area contributed by atoms with Crippen LogP contribution in [-0.4, -0.2) is 33.2 Å². The Morgan fingerprint density at radius 2 is 1.86 bits per heavy atom. The first-order valence-electron chi connectivity index (χ1n) is 10.1. The van der Waals surface area contributed by atoms with E-state index in [1.165, 1.54) is 21.0 Å². The number of aromatic nitrogens is 3. The molecule has 1 aliphatic heterocycles. The fourth-order valence-corrected chi connectivity index (χ4v) is 5.31. The van der Waals surface area contributed by atoms with Gasteiger partial charge in [0, 0.05) is 25.0 Å². The zero-order valence-corrected chi connectivity index (χ0v) is 18.5. The molecule has 0 saturated heterocycles. The van der Waals surface area contributed by atoms with E-state index in [9.17, 15) is 0 Å². The number of rotatable bonds is 5. The summed E-state index contributed by atoms with van der Waals surface area (Å²) in [4.78, 5) is 10.7. The second-order valence-electron chi connectivity index (χ2n) is 7.80. The van der Waals surface area contributed by atoms with Crippen molar-refractivity contribution in [2.75, 3.05) is 18.6 Å². The normalized spacial score (nSPS) is 14.2. The molecule has 4 rings (SSSR count). The lowest BCUT2D eigenvalue weighted by atomic mass is 9.95. The highest BCUT2D eigenvalue weighted by atomic mass is 32.1. The van der Waals surface area contributed by atoms with Crippen LogP contribution in [0.5, 0.6) is 0 Å². The number of hydrogen-bond donors (Lipinski definition) is 0. The van der Waals surface area contributed by atoms with Crippen molar-refractivity contribution in [1.82, 2.24) is 19.5 Å². The smallest absolute Gasteiger partial charge is 0.158 e. The van der Waals surface area contributed by atoms with Gasteiger partial charge in [-0.05, 0) is 57.2 Å². The zero-order valence-electron chi connectivity index (χ0n) is 17.7. The topological polar surface area (TPSA) is 36.7 Å². The van der Waals surface area contributed by atoms with Crippen molar-refractivity contribution in [2.24, 2.45) is 0 Å². The molecule has 0 N–H and O–H groups in total. The molecule has 0 bridgehead atoms. The quantitative estimate of drug-likeness (QED) is 0.574. The lowest BCUT2D eigenvalue weighted by Gasteiger charge is -2.15. The van der Waals surface area contributed by atoms with Gasteiger partial charge in [0.2, 0.25) is 0 Å². The Morgan fingerprint density at radius 1 is 1.11 bits per heavy atom. The van der Waals surface area contributed by atoms with Crippen molar-refractivity contribution in [3.05, 3.63) is 47.0 Å². The summed E-state index contributed by atoms with van der Waals surface area (Å²) in [6.07, 6.45) is 6.49. The summed E-state index contributed by atoms with van der Waals surface area (Å²) in [7, 11) is 2.10. The average molecular weight is 396 g/mol. The van der Waals surface area contributed by atoms with Crippen LogP contribution in [0.25, 0.3) is 16.2 Å². The van der Waals surface area contributed by atoms with Gasteiger partial charge in [0.15, 0.2) is 5.65 Å². The number of nitrogens with zero attached hydrogens (tertiary/aromatic N) is 5. The van der Waals surface area contributed by atoms with E-state index < -0.39 is 0 Å². The predicted molar refractivity (Wildman–Crippen MR) is 118 cm³/mol. The van der Waals surface area contributed by atoms with E-state index in [2.05, 4.69) is 80.5 Å². The summed E-state index contributed by atoms with van der Waals surface area (Å²) in [6.45, 7) is 11.8. The third kappa shape index (κ3) is 3.09. The van der Waals surface area contributed by atoms with Crippen LogP contribution in [0.4, 0.5) is 5.00 Å². The summed E-state index contributed by atoms with van der Waals surface area (Å²) >= 11 is 1.82. The number of anilines is 1. The standard InChI is InChI=1S/C22H29N5S/c1-7-17(8-2)18-12-15(4)24-27-20(16(5)23-22(18)27)21-14(3)11-19(28-21)26-10-9-25(6)13-26/h9-12,17H,7-8,13H2,1-6H3. The van der Waals surface area contributed by atoms with Crippen LogP contribution >= 0.6 is 11.3 Å². The third-order valence-corrected chi connectivity index (χ3v) is 6.89. The van der Waals surface area contributed by atoms with Gasteiger partial charge in [-0.3, -0.25) is 0 Å². The Labute approximate surface area is 171 Å². The summed E-state index contributed by atoms with van der Waals surface area (Å²) in [5.74, 6) is 0.518. The maximum atomic E-state index is 4.98. The van der Waals surface area contributed by atoms with Gasteiger partial charge in [0.05, 0.1) is 27.9 Å². The van der Waals surface area contributed by atoms with Crippen molar-refractivity contribution in [2.45, 2.75) is 53.4 Å². The van der Waals surface area contributed by atoms with Crippen LogP contribution in [0, 0.1) is 20.8 Å². The van der Waals surface area contributed by atoms with Gasteiger partial charge in [-0.15, -0.1) is 11.3 Å². The molecule has 0 atom stereocenters. The first-order valence-corrected chi connectivity index (χ1v) is 10.9. The molecule has 0 fully saturated rings. The van der Waals surface area contributed by atoms with Gasteiger partial charge in [-0.1, -0.05) is 13.8 Å². The minimum Gasteiger partial charge on any atom is -0.361 e. The molecule has 4 heterocycles. The van der Waals surface area contributed by atoms with Crippen LogP contribution in [0.1, 0.15) is 55.1 Å². The predicted octanol–water partition coefficient (Wildman–Crippen LogP) is 5.47. The van der Waals surface area contributed by atoms with Gasteiger partial charge in [-0.2, -0.15) is 5.10 Å². The average Bonchev–Trinajstić information content (AvgIpc) is 3.33. The molecule has 0 amide bonds. The van der Waals surface area contributed by atoms with Crippen LogP contribution in [-0.2, 0) is 0 Å². The molecule has 5 nitrogen and oxygen atoms in total. The highest BCUT2D eigenvalue weighted by molar-refractivity contribution is 7.19. The fourth-order valence-electron chi connectivity index (χ4n) is 4.08. The van der Waals surface area contributed by atoms with Crippen molar-refractivity contribution in [3.8, 4) is 10.6 Å². The van der Waals surface area contributed by atoms with Crippen LogP contribution < -0.4 is 4.90 Å². The number of imidazole rings is 1. The first kappa shape index (κ1) is 19.0. The van der Waals surface area contributed by atoms with Crippen LogP contribution in [0.3, 0.4) is 0 Å². The summed E-state index contributed by atoms with van der Waals surface area (Å²) in [5, 5.41) is 6.13. The van der Waals surface area contributed by atoms with Gasteiger partial charge in [-0.25, -0.2) is 9.50 Å². The van der Waals surface area contributed by atoms with Gasteiger partial charge >= 0.3 is 0 Å². The SMILES string of the molecule is CCC(CC)c1cc(C)nn2c(-c3sc(N4C=CN(C)C4)cc3C)c(C)nc12. The molecule has 3 aromatic rings. The molecule has 0 radical (unpaired) electrons. The highest BCUT2D eigenvalue weighted by Crippen LogP contribution is 2.40. The minimum atomic E-state index is 0.518. The van der Waals surface area contributed by atoms with E-state index in [0.29, 0.717) is 5.92 Å². The largest absolute Gasteiger partial charge is 0.361 e. The lowest BCUT2D eigenvalue weighted by molar-refractivity contribution is 0.496. The summed E-state index contributed by atoms with van der Waals surface area (Å²) < 4.78 is 2.09. The molecule has 28 heavy (non-hydrogen) atoms. The maximum Gasteiger partial charge on any atom is 0.158 e. The van der Waals surface area contributed by atoms with Crippen LogP contribution in [0.15, 0.2) is 24.5 Å². The maximum absolute atomic E-state index is 4.98. The van der Waals surface area contributed by atoms with Crippen molar-refractivity contribution in [1.29, 1.82) is 0 Å². The fraction of sp³-hybridized carbons (Fsp3) is 0.455. The molecule has 0 spiro atoms. The van der Waals surface area contributed by atoms with E-state index in [-0.39, 0.29) is 0 Å². The Morgan fingerprint density at radius 3 is 2.50 bits per heavy atom. The number of hydrogen-bond acceptors (Lipinski definition) is 5. The summed E-state index contributed by atoms with van der Waals surface area (Å²) in [5.41, 5.74) is 6.85. The molecule has 0 unspecified atom stereocenters. The second kappa shape index (κ2) is 7.24. The molecular formula is C22H29N5S. The molecular weight excluding hydrogens is 366 g/mol. The Balaban J connectivity index is 1.87. The number of fused-ring (bicyclic) bond motifs is 1. The first-order chi connectivity index (χ1) is 13.4. The Kier molecular flexibility index (Phi) is 4.91. The molecule has 3 aromatic heterocycles. The Bertz CT molecular complexity index is 1040. The molecule has 0 aliphatic carbocycles. The lowest BCUT2D eigenvalue weighted by Crippen LogP contribution is -2.20. The van der Waals surface area contributed by atoms with E-state index in [4.69, 9.17) is 10.1 Å². The van der Waals surface area contributed by atoms with E-state index in [1.54, 1.807) is 0 Å². The van der Waals surface area contributed by atoms with E-state index >= 15 is 0 Å². The Hall–Kier alpha value is -2.34. The van der Waals surface area contributed by atoms with Gasteiger partial charge in [0.1, 0.15) is 5.69 Å². The van der Waals surface area contributed by atoms with Crippen molar-refractivity contribution in [3.63, 3.8) is 0 Å². The highest BCUT2D eigenvalue weighted by Gasteiger charge is 2.23. The minimum absolute atomic E-state index is 0.518. The monoisotopic (exact) mass is 395 g/mol. The van der Waals surface area contributed by atoms with Crippen molar-refractivity contribution < 1.29 is 0 Å². The third-order valence-electron chi connectivity index (χ3n) is 5.61. The van der Waals surface area contributed by atoms with Gasteiger partial charge < -0.3 is 9.80 Å². The summed E-state index contributed by atoms with van der Waals surface area (Å²) in [6, 6.07) is 4.50. The molecule has 148 valence electrons. The second-order valence-corrected chi connectivity index (χ2v) is 8.83. The van der Waals surface area contributed by atoms with Crippen LogP contribution in [0.2, 0.25) is 0 Å². The number of aryl methyl sites for hydroxylation is 3. The van der Waals surface area contributed by atoms with E-state index in [0.717, 1.165) is 42.2 Å².